The molecule has 7 nitrogen and oxygen atoms in total. The van der Waals surface area contributed by atoms with Crippen LogP contribution in [0.25, 0.3) is 0 Å². The van der Waals surface area contributed by atoms with Crippen molar-refractivity contribution in [2.24, 2.45) is 0 Å². The molecule has 1 aromatic heterocycles. The molecule has 0 atom stereocenters. The van der Waals surface area contributed by atoms with Gasteiger partial charge in [0.05, 0.1) is 18.4 Å². The first-order valence-electron chi connectivity index (χ1n) is 8.68. The minimum absolute atomic E-state index is 0.182. The molecule has 1 amide bonds. The predicted molar refractivity (Wildman–Crippen MR) is 106 cm³/mol. The van der Waals surface area contributed by atoms with Gasteiger partial charge >= 0.3 is 5.97 Å². The summed E-state index contributed by atoms with van der Waals surface area (Å²) in [4.78, 5) is 32.8. The molecule has 28 heavy (non-hydrogen) atoms. The SMILES string of the molecule is COC(=O)c1ccccc1NC(=O)c1ccnc(NCc2cccc(C)c2)n1. The van der Waals surface area contributed by atoms with Crippen LogP contribution in [0.2, 0.25) is 0 Å². The third-order valence-electron chi connectivity index (χ3n) is 4.00. The van der Waals surface area contributed by atoms with E-state index in [1.807, 2.05) is 25.1 Å². The molecule has 0 radical (unpaired) electrons. The van der Waals surface area contributed by atoms with Crippen LogP contribution in [0.1, 0.15) is 32.0 Å². The van der Waals surface area contributed by atoms with Crippen molar-refractivity contribution in [3.05, 3.63) is 83.2 Å². The molecule has 3 rings (SSSR count). The maximum absolute atomic E-state index is 12.6. The zero-order chi connectivity index (χ0) is 19.9. The molecule has 0 saturated heterocycles. The van der Waals surface area contributed by atoms with Gasteiger partial charge in [0.2, 0.25) is 5.95 Å². The summed E-state index contributed by atoms with van der Waals surface area (Å²) in [5, 5.41) is 5.80. The van der Waals surface area contributed by atoms with Crippen LogP contribution in [0.5, 0.6) is 0 Å². The van der Waals surface area contributed by atoms with Gasteiger partial charge in [-0.15, -0.1) is 0 Å². The van der Waals surface area contributed by atoms with E-state index in [9.17, 15) is 9.59 Å². The Bertz CT molecular complexity index is 1000. The van der Waals surface area contributed by atoms with Crippen LogP contribution >= 0.6 is 0 Å². The number of esters is 1. The summed E-state index contributed by atoms with van der Waals surface area (Å²) in [5.74, 6) is -0.633. The normalized spacial score (nSPS) is 10.2. The van der Waals surface area contributed by atoms with Gasteiger partial charge in [-0.3, -0.25) is 4.79 Å². The molecule has 0 aliphatic rings. The Morgan fingerprint density at radius 3 is 2.68 bits per heavy atom. The number of ether oxygens (including phenoxy) is 1. The lowest BCUT2D eigenvalue weighted by atomic mass is 10.1. The first-order chi connectivity index (χ1) is 13.6. The number of anilines is 2. The smallest absolute Gasteiger partial charge is 0.339 e. The van der Waals surface area contributed by atoms with Crippen LogP contribution in [0.3, 0.4) is 0 Å². The molecule has 2 aromatic carbocycles. The largest absolute Gasteiger partial charge is 0.465 e. The molecule has 0 aliphatic heterocycles. The van der Waals surface area contributed by atoms with Gasteiger partial charge in [-0.2, -0.15) is 0 Å². The van der Waals surface area contributed by atoms with Gasteiger partial charge in [0, 0.05) is 12.7 Å². The summed E-state index contributed by atoms with van der Waals surface area (Å²) in [7, 11) is 1.29. The molecule has 0 unspecified atom stereocenters. The minimum Gasteiger partial charge on any atom is -0.465 e. The number of benzene rings is 2. The van der Waals surface area contributed by atoms with E-state index in [1.54, 1.807) is 24.3 Å². The number of para-hydroxylation sites is 1. The van der Waals surface area contributed by atoms with E-state index in [2.05, 4.69) is 26.7 Å². The Balaban J connectivity index is 1.72. The van der Waals surface area contributed by atoms with E-state index in [0.717, 1.165) is 11.1 Å². The first kappa shape index (κ1) is 19.0. The van der Waals surface area contributed by atoms with Crippen LogP contribution < -0.4 is 10.6 Å². The van der Waals surface area contributed by atoms with Crippen LogP contribution in [0, 0.1) is 6.92 Å². The average molecular weight is 376 g/mol. The molecule has 2 N–H and O–H groups in total. The highest BCUT2D eigenvalue weighted by molar-refractivity contribution is 6.07. The van der Waals surface area contributed by atoms with Gasteiger partial charge in [0.1, 0.15) is 5.69 Å². The second-order valence-electron chi connectivity index (χ2n) is 6.10. The zero-order valence-electron chi connectivity index (χ0n) is 15.6. The quantitative estimate of drug-likeness (QED) is 0.640. The van der Waals surface area contributed by atoms with Crippen molar-refractivity contribution in [3.8, 4) is 0 Å². The van der Waals surface area contributed by atoms with Gasteiger partial charge < -0.3 is 15.4 Å². The number of nitrogens with one attached hydrogen (secondary N) is 2. The molecule has 0 fully saturated rings. The second-order valence-corrected chi connectivity index (χ2v) is 6.10. The standard InChI is InChI=1S/C21H20N4O3/c1-14-6-5-7-15(12-14)13-23-21-22-11-10-18(25-21)19(26)24-17-9-4-3-8-16(17)20(27)28-2/h3-12H,13H2,1-2H3,(H,24,26)(H,22,23,25). The number of carbonyl (C=O) groups is 2. The van der Waals surface area contributed by atoms with Gasteiger partial charge in [0.15, 0.2) is 0 Å². The van der Waals surface area contributed by atoms with Crippen molar-refractivity contribution in [1.82, 2.24) is 9.97 Å². The Hall–Kier alpha value is -3.74. The fraction of sp³-hybridized carbons (Fsp3) is 0.143. The fourth-order valence-corrected chi connectivity index (χ4v) is 2.64. The lowest BCUT2D eigenvalue weighted by Crippen LogP contribution is -2.17. The van der Waals surface area contributed by atoms with E-state index in [1.165, 1.54) is 19.4 Å². The third-order valence-corrected chi connectivity index (χ3v) is 4.00. The summed E-state index contributed by atoms with van der Waals surface area (Å²) in [6.07, 6.45) is 1.51. The Kier molecular flexibility index (Phi) is 5.96. The molecule has 0 aliphatic carbocycles. The molecule has 1 heterocycles. The number of rotatable bonds is 6. The summed E-state index contributed by atoms with van der Waals surface area (Å²) < 4.78 is 4.74. The van der Waals surface area contributed by atoms with E-state index >= 15 is 0 Å². The summed E-state index contributed by atoms with van der Waals surface area (Å²) in [5.41, 5.74) is 3.06. The van der Waals surface area contributed by atoms with Gasteiger partial charge in [-0.1, -0.05) is 42.0 Å². The van der Waals surface area contributed by atoms with Crippen molar-refractivity contribution in [2.75, 3.05) is 17.7 Å². The maximum atomic E-state index is 12.6. The van der Waals surface area contributed by atoms with Crippen molar-refractivity contribution >= 4 is 23.5 Å². The molecular formula is C21H20N4O3. The highest BCUT2D eigenvalue weighted by Gasteiger charge is 2.15. The third kappa shape index (κ3) is 4.70. The van der Waals surface area contributed by atoms with Crippen LogP contribution in [0.15, 0.2) is 60.8 Å². The average Bonchev–Trinajstić information content (AvgIpc) is 2.72. The van der Waals surface area contributed by atoms with Gasteiger partial charge in [-0.25, -0.2) is 14.8 Å². The van der Waals surface area contributed by atoms with Crippen molar-refractivity contribution in [3.63, 3.8) is 0 Å². The predicted octanol–water partition coefficient (Wildman–Crippen LogP) is 3.44. The lowest BCUT2D eigenvalue weighted by molar-refractivity contribution is 0.0602. The van der Waals surface area contributed by atoms with Crippen molar-refractivity contribution < 1.29 is 14.3 Å². The first-order valence-corrected chi connectivity index (χ1v) is 8.68. The molecular weight excluding hydrogens is 356 g/mol. The highest BCUT2D eigenvalue weighted by Crippen LogP contribution is 2.17. The molecule has 142 valence electrons. The number of carbonyl (C=O) groups excluding carboxylic acids is 2. The van der Waals surface area contributed by atoms with Crippen molar-refractivity contribution in [2.45, 2.75) is 13.5 Å². The van der Waals surface area contributed by atoms with E-state index in [0.29, 0.717) is 18.2 Å². The van der Waals surface area contributed by atoms with Gasteiger partial charge in [-0.05, 0) is 30.7 Å². The lowest BCUT2D eigenvalue weighted by Gasteiger charge is -2.10. The summed E-state index contributed by atoms with van der Waals surface area (Å²) in [6.45, 7) is 2.56. The zero-order valence-corrected chi connectivity index (χ0v) is 15.6. The maximum Gasteiger partial charge on any atom is 0.339 e. The van der Waals surface area contributed by atoms with E-state index in [-0.39, 0.29) is 11.3 Å². The molecule has 0 spiro atoms. The second kappa shape index (κ2) is 8.77. The van der Waals surface area contributed by atoms with Gasteiger partial charge in [0.25, 0.3) is 5.91 Å². The van der Waals surface area contributed by atoms with Crippen LogP contribution in [0.4, 0.5) is 11.6 Å². The number of hydrogen-bond donors (Lipinski definition) is 2. The van der Waals surface area contributed by atoms with E-state index < -0.39 is 11.9 Å². The Morgan fingerprint density at radius 2 is 1.89 bits per heavy atom. The minimum atomic E-state index is -0.529. The number of hydrogen-bond acceptors (Lipinski definition) is 6. The summed E-state index contributed by atoms with van der Waals surface area (Å²) >= 11 is 0. The number of amides is 1. The number of nitrogens with zero attached hydrogens (tertiary/aromatic N) is 2. The monoisotopic (exact) mass is 376 g/mol. The van der Waals surface area contributed by atoms with Crippen molar-refractivity contribution in [1.29, 1.82) is 0 Å². The number of methoxy groups -OCH3 is 1. The Morgan fingerprint density at radius 1 is 1.07 bits per heavy atom. The number of aromatic nitrogens is 2. The highest BCUT2D eigenvalue weighted by atomic mass is 16.5. The van der Waals surface area contributed by atoms with Crippen LogP contribution in [-0.2, 0) is 11.3 Å². The number of aryl methyl sites for hydroxylation is 1. The molecule has 0 saturated carbocycles. The Labute approximate surface area is 162 Å². The van der Waals surface area contributed by atoms with E-state index in [4.69, 9.17) is 4.74 Å². The topological polar surface area (TPSA) is 93.2 Å². The van der Waals surface area contributed by atoms with Crippen LogP contribution in [-0.4, -0.2) is 29.0 Å². The fourth-order valence-electron chi connectivity index (χ4n) is 2.64. The molecule has 3 aromatic rings. The molecule has 0 bridgehead atoms. The summed E-state index contributed by atoms with van der Waals surface area (Å²) in [6, 6.07) is 16.2. The molecule has 7 heteroatoms.